The second-order valence-corrected chi connectivity index (χ2v) is 4.24. The van der Waals surface area contributed by atoms with Crippen molar-refractivity contribution in [2.45, 2.75) is 19.9 Å². The number of methoxy groups -OCH3 is 1. The fourth-order valence-electron chi connectivity index (χ4n) is 1.68. The van der Waals surface area contributed by atoms with Crippen molar-refractivity contribution in [2.24, 2.45) is 0 Å². The summed E-state index contributed by atoms with van der Waals surface area (Å²) >= 11 is 0. The van der Waals surface area contributed by atoms with Gasteiger partial charge in [0.2, 0.25) is 5.82 Å². The zero-order chi connectivity index (χ0) is 14.4. The van der Waals surface area contributed by atoms with Crippen LogP contribution in [0.25, 0.3) is 0 Å². The van der Waals surface area contributed by atoms with E-state index in [9.17, 15) is 10.1 Å². The summed E-state index contributed by atoms with van der Waals surface area (Å²) in [5.74, 6) is 0.965. The summed E-state index contributed by atoms with van der Waals surface area (Å²) in [4.78, 5) is 16.7. The fourth-order valence-corrected chi connectivity index (χ4v) is 1.68. The molecule has 1 heterocycles. The number of hydrogen-bond donors (Lipinski definition) is 1. The maximum Gasteiger partial charge on any atom is 0.311 e. The van der Waals surface area contributed by atoms with Gasteiger partial charge in [-0.05, 0) is 19.9 Å². The van der Waals surface area contributed by atoms with Gasteiger partial charge in [0.05, 0.1) is 17.6 Å². The summed E-state index contributed by atoms with van der Waals surface area (Å²) < 4.78 is 5.07. The number of nitro groups is 1. The minimum absolute atomic E-state index is 0.00641. The molecule has 7 heteroatoms. The Labute approximate surface area is 112 Å². The van der Waals surface area contributed by atoms with Crippen LogP contribution in [0.5, 0.6) is 0 Å². The van der Waals surface area contributed by atoms with Crippen LogP contribution in [0.4, 0.5) is 17.3 Å². The molecule has 1 aromatic rings. The molecular weight excluding hydrogens is 248 g/mol. The summed E-state index contributed by atoms with van der Waals surface area (Å²) in [6.45, 7) is 5.05. The van der Waals surface area contributed by atoms with Gasteiger partial charge in [-0.2, -0.15) is 0 Å². The standard InChI is InChI=1S/C12H20N4O3/c1-5-13-11-7-6-10(16(17)18)12(14-11)15(3)9(2)8-19-4/h6-7,9H,5,8H2,1-4H3,(H,13,14). The van der Waals surface area contributed by atoms with E-state index < -0.39 is 4.92 Å². The molecule has 0 aliphatic rings. The van der Waals surface area contributed by atoms with Crippen LogP contribution in [-0.2, 0) is 4.74 Å². The highest BCUT2D eigenvalue weighted by atomic mass is 16.6. The molecule has 1 rings (SSSR count). The van der Waals surface area contributed by atoms with Crippen molar-refractivity contribution in [3.05, 3.63) is 22.2 Å². The van der Waals surface area contributed by atoms with Crippen LogP contribution in [0, 0.1) is 10.1 Å². The van der Waals surface area contributed by atoms with Gasteiger partial charge < -0.3 is 15.0 Å². The molecule has 0 bridgehead atoms. The highest BCUT2D eigenvalue weighted by Gasteiger charge is 2.22. The van der Waals surface area contributed by atoms with Crippen molar-refractivity contribution in [1.29, 1.82) is 0 Å². The Morgan fingerprint density at radius 3 is 2.79 bits per heavy atom. The van der Waals surface area contributed by atoms with Crippen molar-refractivity contribution >= 4 is 17.3 Å². The molecule has 0 saturated heterocycles. The van der Waals surface area contributed by atoms with E-state index in [1.54, 1.807) is 25.1 Å². The minimum Gasteiger partial charge on any atom is -0.383 e. The van der Waals surface area contributed by atoms with E-state index in [1.807, 2.05) is 13.8 Å². The molecule has 0 aliphatic heterocycles. The van der Waals surface area contributed by atoms with Crippen LogP contribution in [0.1, 0.15) is 13.8 Å². The first kappa shape index (κ1) is 15.2. The third kappa shape index (κ3) is 3.78. The molecule has 0 spiro atoms. The van der Waals surface area contributed by atoms with Gasteiger partial charge in [0.15, 0.2) is 0 Å². The second-order valence-electron chi connectivity index (χ2n) is 4.24. The summed E-state index contributed by atoms with van der Waals surface area (Å²) in [5, 5.41) is 14.1. The third-order valence-corrected chi connectivity index (χ3v) is 2.81. The van der Waals surface area contributed by atoms with Crippen LogP contribution in [0.3, 0.4) is 0 Å². The van der Waals surface area contributed by atoms with E-state index in [-0.39, 0.29) is 11.7 Å². The van der Waals surface area contributed by atoms with Crippen LogP contribution >= 0.6 is 0 Å². The number of rotatable bonds is 7. The highest BCUT2D eigenvalue weighted by Crippen LogP contribution is 2.28. The van der Waals surface area contributed by atoms with E-state index in [2.05, 4.69) is 10.3 Å². The number of nitrogens with zero attached hydrogens (tertiary/aromatic N) is 3. The van der Waals surface area contributed by atoms with E-state index in [4.69, 9.17) is 4.74 Å². The van der Waals surface area contributed by atoms with Crippen LogP contribution < -0.4 is 10.2 Å². The van der Waals surface area contributed by atoms with E-state index in [0.717, 1.165) is 0 Å². The van der Waals surface area contributed by atoms with Crippen LogP contribution in [0.2, 0.25) is 0 Å². The van der Waals surface area contributed by atoms with Gasteiger partial charge in [0.25, 0.3) is 0 Å². The van der Waals surface area contributed by atoms with E-state index >= 15 is 0 Å². The lowest BCUT2D eigenvalue weighted by Gasteiger charge is -2.25. The Morgan fingerprint density at radius 2 is 2.26 bits per heavy atom. The highest BCUT2D eigenvalue weighted by molar-refractivity contribution is 5.61. The number of nitrogens with one attached hydrogen (secondary N) is 1. The maximum absolute atomic E-state index is 11.1. The Morgan fingerprint density at radius 1 is 1.58 bits per heavy atom. The van der Waals surface area contributed by atoms with Gasteiger partial charge in [0, 0.05) is 26.8 Å². The van der Waals surface area contributed by atoms with Crippen molar-refractivity contribution in [3.63, 3.8) is 0 Å². The lowest BCUT2D eigenvalue weighted by Crippen LogP contribution is -2.33. The fraction of sp³-hybridized carbons (Fsp3) is 0.583. The number of pyridine rings is 1. The van der Waals surface area contributed by atoms with Crippen molar-refractivity contribution in [2.75, 3.05) is 37.5 Å². The van der Waals surface area contributed by atoms with Crippen molar-refractivity contribution in [3.8, 4) is 0 Å². The molecule has 0 aromatic carbocycles. The molecule has 19 heavy (non-hydrogen) atoms. The molecule has 1 N–H and O–H groups in total. The van der Waals surface area contributed by atoms with Crippen LogP contribution in [-0.4, -0.2) is 43.3 Å². The average molecular weight is 268 g/mol. The number of anilines is 2. The van der Waals surface area contributed by atoms with E-state index in [1.165, 1.54) is 6.07 Å². The molecule has 0 saturated carbocycles. The monoisotopic (exact) mass is 268 g/mol. The molecule has 7 nitrogen and oxygen atoms in total. The zero-order valence-electron chi connectivity index (χ0n) is 11.7. The maximum atomic E-state index is 11.1. The van der Waals surface area contributed by atoms with Gasteiger partial charge in [-0.1, -0.05) is 0 Å². The lowest BCUT2D eigenvalue weighted by molar-refractivity contribution is -0.384. The van der Waals surface area contributed by atoms with Gasteiger partial charge in [-0.3, -0.25) is 10.1 Å². The normalized spacial score (nSPS) is 12.0. The minimum atomic E-state index is -0.423. The summed E-state index contributed by atoms with van der Waals surface area (Å²) in [7, 11) is 3.37. The lowest BCUT2D eigenvalue weighted by atomic mass is 10.3. The topological polar surface area (TPSA) is 80.5 Å². The number of aromatic nitrogens is 1. The molecule has 106 valence electrons. The van der Waals surface area contributed by atoms with Crippen molar-refractivity contribution in [1.82, 2.24) is 4.98 Å². The van der Waals surface area contributed by atoms with E-state index in [0.29, 0.717) is 24.8 Å². The third-order valence-electron chi connectivity index (χ3n) is 2.81. The first-order valence-electron chi connectivity index (χ1n) is 6.12. The SMILES string of the molecule is CCNc1ccc([N+](=O)[O-])c(N(C)C(C)COC)n1. The second kappa shape index (κ2) is 6.89. The molecule has 0 radical (unpaired) electrons. The molecule has 1 atom stereocenters. The molecule has 0 fully saturated rings. The molecule has 0 aliphatic carbocycles. The number of ether oxygens (including phenoxy) is 1. The smallest absolute Gasteiger partial charge is 0.311 e. The average Bonchev–Trinajstić information content (AvgIpc) is 2.38. The quantitative estimate of drug-likeness (QED) is 0.601. The Kier molecular flexibility index (Phi) is 5.50. The Balaban J connectivity index is 3.12. The number of likely N-dealkylation sites (N-methyl/N-ethyl adjacent to an activating group) is 1. The summed E-state index contributed by atoms with van der Waals surface area (Å²) in [5.41, 5.74) is -0.00731. The first-order chi connectivity index (χ1) is 9.01. The first-order valence-corrected chi connectivity index (χ1v) is 6.12. The molecular formula is C12H20N4O3. The largest absolute Gasteiger partial charge is 0.383 e. The summed E-state index contributed by atoms with van der Waals surface area (Å²) in [6.07, 6.45) is 0. The molecule has 1 aromatic heterocycles. The van der Waals surface area contributed by atoms with Crippen molar-refractivity contribution < 1.29 is 9.66 Å². The van der Waals surface area contributed by atoms with Gasteiger partial charge in [-0.25, -0.2) is 4.98 Å². The Hall–Kier alpha value is -1.89. The van der Waals surface area contributed by atoms with Gasteiger partial charge in [0.1, 0.15) is 5.82 Å². The predicted molar refractivity (Wildman–Crippen MR) is 74.8 cm³/mol. The van der Waals surface area contributed by atoms with Gasteiger partial charge >= 0.3 is 5.69 Å². The predicted octanol–water partition coefficient (Wildman–Crippen LogP) is 1.89. The molecule has 1 unspecified atom stereocenters. The Bertz CT molecular complexity index is 439. The van der Waals surface area contributed by atoms with Crippen LogP contribution in [0.15, 0.2) is 12.1 Å². The molecule has 0 amide bonds. The van der Waals surface area contributed by atoms with Gasteiger partial charge in [-0.15, -0.1) is 0 Å². The number of hydrogen-bond acceptors (Lipinski definition) is 6. The zero-order valence-corrected chi connectivity index (χ0v) is 11.7. The summed E-state index contributed by atoms with van der Waals surface area (Å²) in [6, 6.07) is 3.07.